The van der Waals surface area contributed by atoms with Crippen molar-refractivity contribution >= 4 is 9.84 Å². The Morgan fingerprint density at radius 2 is 1.65 bits per heavy atom. The molecule has 0 saturated carbocycles. The van der Waals surface area contributed by atoms with Crippen molar-refractivity contribution in [3.63, 3.8) is 0 Å². The summed E-state index contributed by atoms with van der Waals surface area (Å²) in [6, 6.07) is 6.70. The van der Waals surface area contributed by atoms with Crippen molar-refractivity contribution in [2.45, 2.75) is 30.3 Å². The topological polar surface area (TPSA) is 52.6 Å². The normalized spacial score (nSPS) is 17.8. The molecule has 1 heterocycles. The van der Waals surface area contributed by atoms with Gasteiger partial charge in [-0.15, -0.1) is 0 Å². The fourth-order valence-electron chi connectivity index (χ4n) is 1.64. The van der Waals surface area contributed by atoms with Crippen LogP contribution in [0.5, 0.6) is 0 Å². The highest BCUT2D eigenvalue weighted by molar-refractivity contribution is 7.92. The molecule has 0 radical (unpaired) electrons. The summed E-state index contributed by atoms with van der Waals surface area (Å²) in [5.74, 6) is 0. The SMILES string of the molecule is CC(C)S(=O)(=O)c1ccc(C2OCCO2)cc1. The van der Waals surface area contributed by atoms with E-state index in [1.807, 2.05) is 0 Å². The lowest BCUT2D eigenvalue weighted by Crippen LogP contribution is -2.14. The molecule has 94 valence electrons. The lowest BCUT2D eigenvalue weighted by atomic mass is 10.2. The smallest absolute Gasteiger partial charge is 0.184 e. The largest absolute Gasteiger partial charge is 0.346 e. The third-order valence-corrected chi connectivity index (χ3v) is 4.89. The minimum Gasteiger partial charge on any atom is -0.346 e. The van der Waals surface area contributed by atoms with Gasteiger partial charge in [0.15, 0.2) is 16.1 Å². The lowest BCUT2D eigenvalue weighted by Gasteiger charge is -2.11. The van der Waals surface area contributed by atoms with E-state index in [1.54, 1.807) is 38.1 Å². The highest BCUT2D eigenvalue weighted by Gasteiger charge is 2.21. The Bertz CT molecular complexity index is 470. The van der Waals surface area contributed by atoms with Gasteiger partial charge in [-0.2, -0.15) is 0 Å². The maximum atomic E-state index is 11.9. The second-order valence-corrected chi connectivity index (χ2v) is 6.74. The molecule has 1 aromatic carbocycles. The van der Waals surface area contributed by atoms with Gasteiger partial charge in [-0.25, -0.2) is 8.42 Å². The van der Waals surface area contributed by atoms with Gasteiger partial charge in [-0.1, -0.05) is 12.1 Å². The Morgan fingerprint density at radius 1 is 1.12 bits per heavy atom. The van der Waals surface area contributed by atoms with Crippen molar-refractivity contribution in [1.82, 2.24) is 0 Å². The molecule has 0 bridgehead atoms. The third kappa shape index (κ3) is 2.51. The molecule has 0 atom stereocenters. The number of ether oxygens (including phenoxy) is 2. The summed E-state index contributed by atoms with van der Waals surface area (Å²) in [6.07, 6.45) is -0.356. The Hall–Kier alpha value is -0.910. The van der Waals surface area contributed by atoms with E-state index in [4.69, 9.17) is 9.47 Å². The number of hydrogen-bond acceptors (Lipinski definition) is 4. The first-order valence-corrected chi connectivity index (χ1v) is 7.13. The van der Waals surface area contributed by atoms with Crippen LogP contribution in [0.1, 0.15) is 25.7 Å². The van der Waals surface area contributed by atoms with Crippen molar-refractivity contribution in [1.29, 1.82) is 0 Å². The van der Waals surface area contributed by atoms with Crippen LogP contribution in [0.2, 0.25) is 0 Å². The monoisotopic (exact) mass is 256 g/mol. The number of benzene rings is 1. The molecule has 0 amide bonds. The molecule has 1 aromatic rings. The molecule has 2 rings (SSSR count). The molecule has 4 nitrogen and oxygen atoms in total. The predicted octanol–water partition coefficient (Wildman–Crippen LogP) is 1.91. The van der Waals surface area contributed by atoms with Gasteiger partial charge in [0.05, 0.1) is 23.4 Å². The minimum absolute atomic E-state index is 0.342. The van der Waals surface area contributed by atoms with E-state index in [0.29, 0.717) is 18.1 Å². The van der Waals surface area contributed by atoms with Crippen LogP contribution >= 0.6 is 0 Å². The van der Waals surface area contributed by atoms with Crippen molar-refractivity contribution in [3.8, 4) is 0 Å². The van der Waals surface area contributed by atoms with Crippen LogP contribution in [-0.4, -0.2) is 26.9 Å². The van der Waals surface area contributed by atoms with E-state index in [1.165, 1.54) is 0 Å². The van der Waals surface area contributed by atoms with Gasteiger partial charge in [0, 0.05) is 5.56 Å². The maximum Gasteiger partial charge on any atom is 0.184 e. The van der Waals surface area contributed by atoms with Crippen LogP contribution in [0, 0.1) is 0 Å². The molecule has 1 aliphatic heterocycles. The highest BCUT2D eigenvalue weighted by atomic mass is 32.2. The Morgan fingerprint density at radius 3 is 2.12 bits per heavy atom. The molecule has 0 spiro atoms. The molecule has 5 heteroatoms. The first-order chi connectivity index (χ1) is 8.01. The van der Waals surface area contributed by atoms with Gasteiger partial charge in [0.25, 0.3) is 0 Å². The molecule has 0 N–H and O–H groups in total. The number of rotatable bonds is 3. The third-order valence-electron chi connectivity index (χ3n) is 2.72. The summed E-state index contributed by atoms with van der Waals surface area (Å²) in [5, 5.41) is -0.410. The summed E-state index contributed by atoms with van der Waals surface area (Å²) in [6.45, 7) is 4.51. The molecule has 1 saturated heterocycles. The molecule has 1 aliphatic rings. The van der Waals surface area contributed by atoms with Crippen molar-refractivity contribution in [3.05, 3.63) is 29.8 Å². The fourth-order valence-corrected chi connectivity index (χ4v) is 2.70. The molecular weight excluding hydrogens is 240 g/mol. The number of sulfone groups is 1. The maximum absolute atomic E-state index is 11.9. The second kappa shape index (κ2) is 4.76. The molecule has 0 unspecified atom stereocenters. The van der Waals surface area contributed by atoms with Crippen molar-refractivity contribution in [2.75, 3.05) is 13.2 Å². The molecular formula is C12H16O4S. The molecule has 0 aliphatic carbocycles. The van der Waals surface area contributed by atoms with Crippen LogP contribution < -0.4 is 0 Å². The van der Waals surface area contributed by atoms with Crippen LogP contribution in [0.3, 0.4) is 0 Å². The minimum atomic E-state index is -3.20. The van der Waals surface area contributed by atoms with E-state index >= 15 is 0 Å². The summed E-state index contributed by atoms with van der Waals surface area (Å²) < 4.78 is 34.5. The summed E-state index contributed by atoms with van der Waals surface area (Å²) in [4.78, 5) is 0.342. The van der Waals surface area contributed by atoms with E-state index in [-0.39, 0.29) is 6.29 Å². The summed E-state index contributed by atoms with van der Waals surface area (Å²) >= 11 is 0. The van der Waals surface area contributed by atoms with Gasteiger partial charge in [0.1, 0.15) is 0 Å². The summed E-state index contributed by atoms with van der Waals surface area (Å²) in [7, 11) is -3.20. The highest BCUT2D eigenvalue weighted by Crippen LogP contribution is 2.25. The summed E-state index contributed by atoms with van der Waals surface area (Å²) in [5.41, 5.74) is 0.852. The molecule has 1 fully saturated rings. The Kier molecular flexibility index (Phi) is 3.51. The van der Waals surface area contributed by atoms with Crippen molar-refractivity contribution < 1.29 is 17.9 Å². The van der Waals surface area contributed by atoms with E-state index in [9.17, 15) is 8.42 Å². The standard InChI is InChI=1S/C12H16O4S/c1-9(2)17(13,14)11-5-3-10(4-6-11)12-15-7-8-16-12/h3-6,9,12H,7-8H2,1-2H3. The zero-order valence-corrected chi connectivity index (χ0v) is 10.7. The van der Waals surface area contributed by atoms with E-state index in [2.05, 4.69) is 0 Å². The first kappa shape index (κ1) is 12.5. The van der Waals surface area contributed by atoms with Gasteiger partial charge < -0.3 is 9.47 Å². The van der Waals surface area contributed by atoms with E-state index in [0.717, 1.165) is 5.56 Å². The zero-order chi connectivity index (χ0) is 12.5. The number of hydrogen-bond donors (Lipinski definition) is 0. The van der Waals surface area contributed by atoms with Gasteiger partial charge >= 0.3 is 0 Å². The van der Waals surface area contributed by atoms with Crippen LogP contribution in [-0.2, 0) is 19.3 Å². The lowest BCUT2D eigenvalue weighted by molar-refractivity contribution is -0.0441. The zero-order valence-electron chi connectivity index (χ0n) is 9.92. The van der Waals surface area contributed by atoms with Crippen LogP contribution in [0.25, 0.3) is 0 Å². The Balaban J connectivity index is 2.24. The van der Waals surface area contributed by atoms with Gasteiger partial charge in [-0.3, -0.25) is 0 Å². The van der Waals surface area contributed by atoms with Gasteiger partial charge in [-0.05, 0) is 26.0 Å². The first-order valence-electron chi connectivity index (χ1n) is 5.59. The average molecular weight is 256 g/mol. The predicted molar refractivity (Wildman–Crippen MR) is 63.4 cm³/mol. The molecule has 17 heavy (non-hydrogen) atoms. The fraction of sp³-hybridized carbons (Fsp3) is 0.500. The van der Waals surface area contributed by atoms with E-state index < -0.39 is 15.1 Å². The van der Waals surface area contributed by atoms with Gasteiger partial charge in [0.2, 0.25) is 0 Å². The van der Waals surface area contributed by atoms with Crippen LogP contribution in [0.4, 0.5) is 0 Å². The second-order valence-electron chi connectivity index (χ2n) is 4.24. The van der Waals surface area contributed by atoms with Crippen LogP contribution in [0.15, 0.2) is 29.2 Å². The quantitative estimate of drug-likeness (QED) is 0.829. The molecule has 0 aromatic heterocycles. The Labute approximate surface area is 101 Å². The average Bonchev–Trinajstić information content (AvgIpc) is 2.82. The van der Waals surface area contributed by atoms with Crippen molar-refractivity contribution in [2.24, 2.45) is 0 Å².